The van der Waals surface area contributed by atoms with E-state index in [9.17, 15) is 0 Å². The van der Waals surface area contributed by atoms with Gasteiger partial charge in [0, 0.05) is 13.7 Å². The molecule has 68 valence electrons. The highest BCUT2D eigenvalue weighted by atomic mass is 32.5. The Bertz CT molecular complexity index is 263. The fourth-order valence-corrected chi connectivity index (χ4v) is 3.73. The molecule has 0 amide bonds. The fraction of sp³-hybridized carbons (Fsp3) is 0.714. The zero-order chi connectivity index (χ0) is 9.35. The second-order valence-corrected chi connectivity index (χ2v) is 6.86. The van der Waals surface area contributed by atoms with Gasteiger partial charge in [0.2, 0.25) is 6.57 Å². The molecule has 1 fully saturated rings. The van der Waals surface area contributed by atoms with Gasteiger partial charge in [-0.1, -0.05) is 5.92 Å². The van der Waals surface area contributed by atoms with Crippen molar-refractivity contribution in [2.45, 2.75) is 6.04 Å². The summed E-state index contributed by atoms with van der Waals surface area (Å²) in [5.74, 6) is 2.70. The second-order valence-electron chi connectivity index (χ2n) is 2.77. The molecule has 0 radical (unpaired) electrons. The van der Waals surface area contributed by atoms with Crippen LogP contribution in [0.3, 0.4) is 0 Å². The van der Waals surface area contributed by atoms with E-state index in [4.69, 9.17) is 22.8 Å². The fourth-order valence-electron chi connectivity index (χ4n) is 1.32. The molecule has 0 saturated carbocycles. The van der Waals surface area contributed by atoms with Crippen molar-refractivity contribution in [3.05, 3.63) is 0 Å². The predicted molar refractivity (Wildman–Crippen MR) is 54.3 cm³/mol. The zero-order valence-electron chi connectivity index (χ0n) is 7.52. The van der Waals surface area contributed by atoms with E-state index in [1.54, 1.807) is 7.11 Å². The first kappa shape index (κ1) is 10.2. The minimum absolute atomic E-state index is 0.0979. The number of nitrogens with zero attached hydrogens (tertiary/aromatic N) is 2. The maximum absolute atomic E-state index is 5.40. The quantitative estimate of drug-likeness (QED) is 0.462. The van der Waals surface area contributed by atoms with Crippen molar-refractivity contribution in [2.75, 3.05) is 27.7 Å². The molecule has 2 atom stereocenters. The van der Waals surface area contributed by atoms with Gasteiger partial charge in [0.05, 0.1) is 6.04 Å². The van der Waals surface area contributed by atoms with Crippen LogP contribution >= 0.6 is 6.57 Å². The Morgan fingerprint density at radius 3 is 2.50 bits per heavy atom. The van der Waals surface area contributed by atoms with Crippen LogP contribution in [0.5, 0.6) is 0 Å². The monoisotopic (exact) mass is 204 g/mol. The van der Waals surface area contributed by atoms with Crippen LogP contribution in [0, 0.1) is 12.3 Å². The van der Waals surface area contributed by atoms with Crippen molar-refractivity contribution in [1.29, 1.82) is 0 Å². The van der Waals surface area contributed by atoms with E-state index in [0.29, 0.717) is 0 Å². The van der Waals surface area contributed by atoms with Crippen LogP contribution in [0.2, 0.25) is 0 Å². The van der Waals surface area contributed by atoms with Gasteiger partial charge in [-0.3, -0.25) is 0 Å². The molecule has 1 rings (SSSR count). The molecule has 0 aliphatic carbocycles. The maximum atomic E-state index is 5.40. The molecule has 0 N–H and O–H groups in total. The Labute approximate surface area is 78.9 Å². The van der Waals surface area contributed by atoms with Crippen LogP contribution in [0.4, 0.5) is 0 Å². The normalized spacial score (nSPS) is 38.3. The van der Waals surface area contributed by atoms with E-state index >= 15 is 0 Å². The molecule has 5 heteroatoms. The summed E-state index contributed by atoms with van der Waals surface area (Å²) in [6.07, 6.45) is 5.36. The van der Waals surface area contributed by atoms with Crippen LogP contribution in [-0.4, -0.2) is 43.1 Å². The third kappa shape index (κ3) is 1.32. The van der Waals surface area contributed by atoms with E-state index in [-0.39, 0.29) is 6.04 Å². The average molecular weight is 204 g/mol. The van der Waals surface area contributed by atoms with Gasteiger partial charge in [-0.15, -0.1) is 6.42 Å². The molecule has 1 saturated heterocycles. The van der Waals surface area contributed by atoms with E-state index < -0.39 is 6.57 Å². The number of terminal acetylenes is 1. The summed E-state index contributed by atoms with van der Waals surface area (Å²) < 4.78 is 9.36. The van der Waals surface area contributed by atoms with Crippen molar-refractivity contribution >= 4 is 18.4 Å². The topological polar surface area (TPSA) is 15.7 Å². The van der Waals surface area contributed by atoms with Crippen molar-refractivity contribution < 1.29 is 4.52 Å². The smallest absolute Gasteiger partial charge is 0.203 e. The summed E-state index contributed by atoms with van der Waals surface area (Å²) in [6, 6.07) is 0.0979. The van der Waals surface area contributed by atoms with Crippen molar-refractivity contribution in [1.82, 2.24) is 9.34 Å². The summed E-state index contributed by atoms with van der Waals surface area (Å²) >= 11 is 5.40. The van der Waals surface area contributed by atoms with Gasteiger partial charge >= 0.3 is 0 Å². The van der Waals surface area contributed by atoms with Crippen LogP contribution in [0.1, 0.15) is 0 Å². The van der Waals surface area contributed by atoms with Crippen molar-refractivity contribution in [2.24, 2.45) is 0 Å². The number of hydrogen-bond acceptors (Lipinski definition) is 2. The minimum atomic E-state index is -1.95. The first-order valence-corrected chi connectivity index (χ1v) is 6.25. The van der Waals surface area contributed by atoms with Crippen molar-refractivity contribution in [3.63, 3.8) is 0 Å². The molecule has 0 spiro atoms. The molecule has 1 aliphatic heterocycles. The molecule has 0 aromatic carbocycles. The summed E-state index contributed by atoms with van der Waals surface area (Å²) in [6.45, 7) is -1.14. The second kappa shape index (κ2) is 3.45. The minimum Gasteiger partial charge on any atom is -0.330 e. The molecule has 1 heterocycles. The molecule has 0 bridgehead atoms. The summed E-state index contributed by atoms with van der Waals surface area (Å²) in [4.78, 5) is 0. The highest BCUT2D eigenvalue weighted by Gasteiger charge is 2.40. The van der Waals surface area contributed by atoms with Gasteiger partial charge in [-0.25, -0.2) is 9.34 Å². The molecule has 1 aliphatic rings. The van der Waals surface area contributed by atoms with Gasteiger partial charge in [-0.05, 0) is 25.9 Å². The van der Waals surface area contributed by atoms with Crippen LogP contribution in [0.15, 0.2) is 0 Å². The van der Waals surface area contributed by atoms with Gasteiger partial charge in [0.1, 0.15) is 0 Å². The third-order valence-electron chi connectivity index (χ3n) is 2.15. The highest BCUT2D eigenvalue weighted by Crippen LogP contribution is 2.57. The number of hydrogen-bond donors (Lipinski definition) is 0. The lowest BCUT2D eigenvalue weighted by molar-refractivity contribution is 0.388. The Hall–Kier alpha value is 0.0900. The maximum Gasteiger partial charge on any atom is 0.203 e. The van der Waals surface area contributed by atoms with E-state index in [0.717, 1.165) is 6.54 Å². The standard InChI is InChI=1S/C7H13N2OPS/c1-5-7-6-8(2)11(12,10-4)9(7)3/h1,7H,6H2,2-4H3. The Kier molecular flexibility index (Phi) is 2.92. The number of rotatable bonds is 1. The van der Waals surface area contributed by atoms with E-state index in [2.05, 4.69) is 5.92 Å². The van der Waals surface area contributed by atoms with Crippen LogP contribution in [0.25, 0.3) is 0 Å². The molecular formula is C7H13N2OPS. The van der Waals surface area contributed by atoms with Gasteiger partial charge in [0.15, 0.2) is 0 Å². The number of likely N-dealkylation sites (N-methyl/N-ethyl adjacent to an activating group) is 2. The lowest BCUT2D eigenvalue weighted by atomic mass is 10.3. The van der Waals surface area contributed by atoms with Gasteiger partial charge < -0.3 is 4.52 Å². The lowest BCUT2D eigenvalue weighted by Crippen LogP contribution is -2.22. The first-order chi connectivity index (χ1) is 5.56. The SMILES string of the molecule is C#CC1CN(C)P(=S)(OC)N1C. The molecule has 3 nitrogen and oxygen atoms in total. The van der Waals surface area contributed by atoms with Gasteiger partial charge in [0.25, 0.3) is 0 Å². The first-order valence-electron chi connectivity index (χ1n) is 3.63. The Balaban J connectivity index is 2.93. The Morgan fingerprint density at radius 1 is 1.67 bits per heavy atom. The summed E-state index contributed by atoms with van der Waals surface area (Å²) in [5, 5.41) is 0. The van der Waals surface area contributed by atoms with Crippen LogP contribution < -0.4 is 0 Å². The average Bonchev–Trinajstić information content (AvgIpc) is 2.30. The summed E-state index contributed by atoms with van der Waals surface area (Å²) in [5.41, 5.74) is 0. The predicted octanol–water partition coefficient (Wildman–Crippen LogP) is 0.736. The molecule has 2 unspecified atom stereocenters. The largest absolute Gasteiger partial charge is 0.330 e. The van der Waals surface area contributed by atoms with E-state index in [1.165, 1.54) is 0 Å². The molecule has 0 aromatic rings. The third-order valence-corrected chi connectivity index (χ3v) is 6.78. The zero-order valence-corrected chi connectivity index (χ0v) is 9.23. The Morgan fingerprint density at radius 2 is 2.25 bits per heavy atom. The lowest BCUT2D eigenvalue weighted by Gasteiger charge is -2.27. The summed E-state index contributed by atoms with van der Waals surface area (Å²) in [7, 11) is 5.53. The van der Waals surface area contributed by atoms with Crippen molar-refractivity contribution in [3.8, 4) is 12.3 Å². The van der Waals surface area contributed by atoms with Crippen LogP contribution in [-0.2, 0) is 16.3 Å². The highest BCUT2D eigenvalue weighted by molar-refractivity contribution is 8.10. The molecular weight excluding hydrogens is 191 g/mol. The van der Waals surface area contributed by atoms with E-state index in [1.807, 2.05) is 23.4 Å². The van der Waals surface area contributed by atoms with Gasteiger partial charge in [-0.2, -0.15) is 0 Å². The molecule has 0 aromatic heterocycles. The molecule has 12 heavy (non-hydrogen) atoms.